The van der Waals surface area contributed by atoms with Crippen LogP contribution in [0.2, 0.25) is 5.02 Å². The van der Waals surface area contributed by atoms with Gasteiger partial charge in [-0.05, 0) is 65.8 Å². The van der Waals surface area contributed by atoms with Gasteiger partial charge in [-0.1, -0.05) is 48.0 Å². The minimum atomic E-state index is -0.702. The standard InChI is InChI=1S/C24H16ClFN2O3S/c25-17-9-5-16(6-10-17)14-31-18-11-7-15(8-12-18)13-19-22(29)27-24(32)28(23(19)30)21-4-2-1-3-20(21)26/h1-13H,14H2,(H,27,29,32)/b19-13+. The summed E-state index contributed by atoms with van der Waals surface area (Å²) < 4.78 is 20.0. The van der Waals surface area contributed by atoms with E-state index in [9.17, 15) is 14.0 Å². The third kappa shape index (κ3) is 4.69. The largest absolute Gasteiger partial charge is 0.489 e. The molecule has 1 fully saturated rings. The molecule has 8 heteroatoms. The summed E-state index contributed by atoms with van der Waals surface area (Å²) in [7, 11) is 0. The van der Waals surface area contributed by atoms with Crippen LogP contribution in [0.1, 0.15) is 11.1 Å². The van der Waals surface area contributed by atoms with Crippen molar-refractivity contribution in [3.05, 3.63) is 100 Å². The first-order valence-electron chi connectivity index (χ1n) is 9.55. The molecule has 0 saturated carbocycles. The van der Waals surface area contributed by atoms with E-state index in [-0.39, 0.29) is 16.4 Å². The minimum Gasteiger partial charge on any atom is -0.489 e. The van der Waals surface area contributed by atoms with Gasteiger partial charge < -0.3 is 4.74 Å². The number of nitrogens with zero attached hydrogens (tertiary/aromatic N) is 1. The molecule has 3 aromatic carbocycles. The predicted molar refractivity (Wildman–Crippen MR) is 125 cm³/mol. The van der Waals surface area contributed by atoms with Gasteiger partial charge in [-0.25, -0.2) is 9.29 Å². The van der Waals surface area contributed by atoms with Crippen LogP contribution in [-0.2, 0) is 16.2 Å². The van der Waals surface area contributed by atoms with Crippen LogP contribution in [0.15, 0.2) is 78.4 Å². The summed E-state index contributed by atoms with van der Waals surface area (Å²) in [6.45, 7) is 0.369. The zero-order valence-corrected chi connectivity index (χ0v) is 18.1. The van der Waals surface area contributed by atoms with Crippen LogP contribution in [0.5, 0.6) is 5.75 Å². The second kappa shape index (κ2) is 9.30. The molecule has 0 aliphatic carbocycles. The Morgan fingerprint density at radius 2 is 1.69 bits per heavy atom. The molecule has 4 rings (SSSR count). The number of hydrogen-bond acceptors (Lipinski definition) is 4. The third-order valence-corrected chi connectivity index (χ3v) is 5.24. The Labute approximate surface area is 194 Å². The Bertz CT molecular complexity index is 1230. The fourth-order valence-corrected chi connectivity index (χ4v) is 3.48. The second-order valence-electron chi connectivity index (χ2n) is 6.89. The molecule has 1 saturated heterocycles. The number of carbonyl (C=O) groups is 2. The smallest absolute Gasteiger partial charge is 0.270 e. The van der Waals surface area contributed by atoms with Gasteiger partial charge in [-0.2, -0.15) is 0 Å². The lowest BCUT2D eigenvalue weighted by Gasteiger charge is -2.29. The summed E-state index contributed by atoms with van der Waals surface area (Å²) in [6.07, 6.45) is 1.43. The summed E-state index contributed by atoms with van der Waals surface area (Å²) in [5.41, 5.74) is 1.38. The summed E-state index contributed by atoms with van der Waals surface area (Å²) in [5.74, 6) is -1.35. The first kappa shape index (κ1) is 21.7. The van der Waals surface area contributed by atoms with E-state index in [1.165, 1.54) is 24.3 Å². The van der Waals surface area contributed by atoms with Gasteiger partial charge in [0, 0.05) is 5.02 Å². The molecule has 0 unspecified atom stereocenters. The van der Waals surface area contributed by atoms with Gasteiger partial charge >= 0.3 is 0 Å². The Hall–Kier alpha value is -3.55. The number of rotatable bonds is 5. The van der Waals surface area contributed by atoms with E-state index in [0.717, 1.165) is 10.5 Å². The highest BCUT2D eigenvalue weighted by Gasteiger charge is 2.35. The summed E-state index contributed by atoms with van der Waals surface area (Å²) in [6, 6.07) is 19.9. The van der Waals surface area contributed by atoms with Gasteiger partial charge in [0.15, 0.2) is 5.11 Å². The molecule has 0 spiro atoms. The van der Waals surface area contributed by atoms with Gasteiger partial charge in [-0.15, -0.1) is 0 Å². The number of amides is 2. The lowest BCUT2D eigenvalue weighted by molar-refractivity contribution is -0.122. The van der Waals surface area contributed by atoms with Crippen molar-refractivity contribution in [3.8, 4) is 5.75 Å². The molecule has 1 N–H and O–H groups in total. The Morgan fingerprint density at radius 1 is 1.00 bits per heavy atom. The number of carbonyl (C=O) groups excluding carboxylic acids is 2. The average molecular weight is 467 g/mol. The van der Waals surface area contributed by atoms with Crippen molar-refractivity contribution in [2.24, 2.45) is 0 Å². The molecule has 1 aliphatic rings. The number of nitrogens with one attached hydrogen (secondary N) is 1. The number of anilines is 1. The van der Waals surface area contributed by atoms with E-state index in [1.807, 2.05) is 12.1 Å². The normalized spacial score (nSPS) is 15.1. The minimum absolute atomic E-state index is 0.0284. The van der Waals surface area contributed by atoms with Gasteiger partial charge in [0.1, 0.15) is 23.7 Å². The molecule has 1 heterocycles. The summed E-state index contributed by atoms with van der Waals surface area (Å²) in [5, 5.41) is 2.92. The first-order valence-corrected chi connectivity index (χ1v) is 10.3. The Kier molecular flexibility index (Phi) is 6.30. The maximum Gasteiger partial charge on any atom is 0.270 e. The van der Waals surface area contributed by atoms with Crippen LogP contribution in [0, 0.1) is 5.82 Å². The predicted octanol–water partition coefficient (Wildman–Crippen LogP) is 4.89. The molecule has 0 atom stereocenters. The lowest BCUT2D eigenvalue weighted by Crippen LogP contribution is -2.54. The number of para-hydroxylation sites is 1. The second-order valence-corrected chi connectivity index (χ2v) is 7.72. The van der Waals surface area contributed by atoms with Crippen molar-refractivity contribution in [1.29, 1.82) is 0 Å². The molecule has 2 amide bonds. The van der Waals surface area contributed by atoms with Crippen molar-refractivity contribution in [1.82, 2.24) is 5.32 Å². The van der Waals surface area contributed by atoms with Crippen molar-refractivity contribution >= 4 is 52.5 Å². The molecule has 0 bridgehead atoms. The van der Waals surface area contributed by atoms with Gasteiger partial charge in [0.2, 0.25) is 0 Å². The highest BCUT2D eigenvalue weighted by Crippen LogP contribution is 2.25. The Balaban J connectivity index is 1.52. The topological polar surface area (TPSA) is 58.6 Å². The van der Waals surface area contributed by atoms with Crippen molar-refractivity contribution in [3.63, 3.8) is 0 Å². The molecule has 3 aromatic rings. The zero-order chi connectivity index (χ0) is 22.7. The lowest BCUT2D eigenvalue weighted by atomic mass is 10.1. The van der Waals surface area contributed by atoms with Gasteiger partial charge in [0.25, 0.3) is 11.8 Å². The number of hydrogen-bond donors (Lipinski definition) is 1. The van der Waals surface area contributed by atoms with Crippen LogP contribution in [0.4, 0.5) is 10.1 Å². The molecule has 0 radical (unpaired) electrons. The number of benzene rings is 3. The molecule has 32 heavy (non-hydrogen) atoms. The summed E-state index contributed by atoms with van der Waals surface area (Å²) >= 11 is 11.0. The van der Waals surface area contributed by atoms with Crippen molar-refractivity contribution < 1.29 is 18.7 Å². The first-order chi connectivity index (χ1) is 15.4. The van der Waals surface area contributed by atoms with Crippen LogP contribution < -0.4 is 15.0 Å². The highest BCUT2D eigenvalue weighted by atomic mass is 35.5. The van der Waals surface area contributed by atoms with Crippen LogP contribution in [0.3, 0.4) is 0 Å². The highest BCUT2D eigenvalue weighted by molar-refractivity contribution is 7.80. The number of thiocarbonyl (C=S) groups is 1. The Morgan fingerprint density at radius 3 is 2.38 bits per heavy atom. The fourth-order valence-electron chi connectivity index (χ4n) is 3.08. The molecule has 5 nitrogen and oxygen atoms in total. The van der Waals surface area contributed by atoms with E-state index in [4.69, 9.17) is 28.6 Å². The van der Waals surface area contributed by atoms with Crippen LogP contribution in [0.25, 0.3) is 6.08 Å². The molecular formula is C24H16ClFN2O3S. The maximum atomic E-state index is 14.2. The monoisotopic (exact) mass is 466 g/mol. The number of ether oxygens (including phenoxy) is 1. The third-order valence-electron chi connectivity index (χ3n) is 4.70. The quantitative estimate of drug-likeness (QED) is 0.330. The molecule has 160 valence electrons. The van der Waals surface area contributed by atoms with E-state index in [0.29, 0.717) is 22.9 Å². The molecule has 1 aliphatic heterocycles. The van der Waals surface area contributed by atoms with E-state index in [2.05, 4.69) is 5.32 Å². The zero-order valence-electron chi connectivity index (χ0n) is 16.5. The SMILES string of the molecule is O=C1NC(=S)N(c2ccccc2F)C(=O)/C1=C/c1ccc(OCc2ccc(Cl)cc2)cc1. The van der Waals surface area contributed by atoms with Crippen molar-refractivity contribution in [2.45, 2.75) is 6.61 Å². The van der Waals surface area contributed by atoms with Crippen LogP contribution in [-0.4, -0.2) is 16.9 Å². The van der Waals surface area contributed by atoms with Crippen LogP contribution >= 0.6 is 23.8 Å². The van der Waals surface area contributed by atoms with Gasteiger partial charge in [-0.3, -0.25) is 14.9 Å². The van der Waals surface area contributed by atoms with E-state index >= 15 is 0 Å². The van der Waals surface area contributed by atoms with E-state index < -0.39 is 17.6 Å². The van der Waals surface area contributed by atoms with Crippen molar-refractivity contribution in [2.75, 3.05) is 4.90 Å². The number of halogens is 2. The molecular weight excluding hydrogens is 451 g/mol. The average Bonchev–Trinajstić information content (AvgIpc) is 2.78. The van der Waals surface area contributed by atoms with E-state index in [1.54, 1.807) is 42.5 Å². The summed E-state index contributed by atoms with van der Waals surface area (Å²) in [4.78, 5) is 26.3. The maximum absolute atomic E-state index is 14.2. The van der Waals surface area contributed by atoms with Gasteiger partial charge in [0.05, 0.1) is 5.69 Å². The molecule has 0 aromatic heterocycles. The fraction of sp³-hybridized carbons (Fsp3) is 0.0417.